The van der Waals surface area contributed by atoms with E-state index in [9.17, 15) is 18.0 Å². The minimum atomic E-state index is -4.22. The normalized spacial score (nSPS) is 26.7. The number of halogens is 3. The topological polar surface area (TPSA) is 40.9 Å². The molecular formula is C13H18F3NO. The van der Waals surface area contributed by atoms with Gasteiger partial charge in [-0.3, -0.25) is 4.79 Å². The minimum Gasteiger partial charge on any atom is -0.298 e. The first kappa shape index (κ1) is 15.0. The van der Waals surface area contributed by atoms with E-state index in [0.717, 1.165) is 0 Å². The zero-order chi connectivity index (χ0) is 13.9. The highest BCUT2D eigenvalue weighted by Gasteiger charge is 2.44. The molecule has 0 aliphatic heterocycles. The third kappa shape index (κ3) is 3.47. The van der Waals surface area contributed by atoms with Gasteiger partial charge in [-0.1, -0.05) is 20.3 Å². The second-order valence-corrected chi connectivity index (χ2v) is 5.36. The van der Waals surface area contributed by atoms with Gasteiger partial charge in [0.2, 0.25) is 0 Å². The summed E-state index contributed by atoms with van der Waals surface area (Å²) in [5.41, 5.74) is 0. The molecule has 0 saturated heterocycles. The van der Waals surface area contributed by atoms with Crippen molar-refractivity contribution >= 4 is 5.78 Å². The van der Waals surface area contributed by atoms with Crippen molar-refractivity contribution in [3.8, 4) is 6.07 Å². The smallest absolute Gasteiger partial charge is 0.298 e. The highest BCUT2D eigenvalue weighted by Crippen LogP contribution is 2.41. The second kappa shape index (κ2) is 5.73. The fourth-order valence-corrected chi connectivity index (χ4v) is 2.54. The lowest BCUT2D eigenvalue weighted by atomic mass is 9.74. The Morgan fingerprint density at radius 1 is 1.33 bits per heavy atom. The van der Waals surface area contributed by atoms with Gasteiger partial charge in [0.15, 0.2) is 5.78 Å². The van der Waals surface area contributed by atoms with E-state index in [0.29, 0.717) is 12.8 Å². The Balaban J connectivity index is 2.73. The molecule has 2 nitrogen and oxygen atoms in total. The van der Waals surface area contributed by atoms with Crippen molar-refractivity contribution in [1.82, 2.24) is 0 Å². The van der Waals surface area contributed by atoms with Crippen molar-refractivity contribution in [3.63, 3.8) is 0 Å². The van der Waals surface area contributed by atoms with E-state index in [-0.39, 0.29) is 24.5 Å². The molecule has 0 aromatic rings. The number of ketones is 1. The fraction of sp³-hybridized carbons (Fsp3) is 0.846. The first-order valence-electron chi connectivity index (χ1n) is 6.27. The van der Waals surface area contributed by atoms with E-state index in [2.05, 4.69) is 0 Å². The molecule has 1 aliphatic rings. The largest absolute Gasteiger partial charge is 0.391 e. The number of carbonyl (C=O) groups excluding carboxylic acids is 1. The maximum absolute atomic E-state index is 12.6. The number of Topliss-reactive ketones (excluding diaryl/α,β-unsaturated/α-hetero) is 1. The summed E-state index contributed by atoms with van der Waals surface area (Å²) in [6.45, 7) is 3.49. The first-order valence-corrected chi connectivity index (χ1v) is 6.27. The van der Waals surface area contributed by atoms with E-state index >= 15 is 0 Å². The Bertz CT molecular complexity index is 343. The molecule has 1 saturated carbocycles. The molecule has 0 aromatic heterocycles. The van der Waals surface area contributed by atoms with Gasteiger partial charge < -0.3 is 0 Å². The lowest BCUT2D eigenvalue weighted by Crippen LogP contribution is -2.35. The van der Waals surface area contributed by atoms with Gasteiger partial charge in [-0.2, -0.15) is 18.4 Å². The van der Waals surface area contributed by atoms with Crippen molar-refractivity contribution in [2.75, 3.05) is 0 Å². The summed E-state index contributed by atoms with van der Waals surface area (Å²) >= 11 is 0. The molecule has 0 aromatic carbocycles. The van der Waals surface area contributed by atoms with Crippen LogP contribution in [-0.4, -0.2) is 12.0 Å². The van der Waals surface area contributed by atoms with Gasteiger partial charge in [0, 0.05) is 5.92 Å². The molecular weight excluding hydrogens is 243 g/mol. The van der Waals surface area contributed by atoms with Crippen LogP contribution in [0.25, 0.3) is 0 Å². The molecule has 1 aliphatic carbocycles. The standard InChI is InChI=1S/C13H18F3NO/c1-8(2)11(7-17)12(18)9-4-3-5-10(6-9)13(14,15)16/h8-11H,3-6H2,1-2H3. The van der Waals surface area contributed by atoms with E-state index in [1.807, 2.05) is 6.07 Å². The van der Waals surface area contributed by atoms with Crippen LogP contribution >= 0.6 is 0 Å². The van der Waals surface area contributed by atoms with E-state index < -0.39 is 23.9 Å². The minimum absolute atomic E-state index is 0.103. The Morgan fingerprint density at radius 2 is 1.94 bits per heavy atom. The van der Waals surface area contributed by atoms with Crippen molar-refractivity contribution in [2.45, 2.75) is 45.7 Å². The second-order valence-electron chi connectivity index (χ2n) is 5.36. The third-order valence-corrected chi connectivity index (χ3v) is 3.65. The highest BCUT2D eigenvalue weighted by molar-refractivity contribution is 5.85. The summed E-state index contributed by atoms with van der Waals surface area (Å²) in [5.74, 6) is -3.21. The summed E-state index contributed by atoms with van der Waals surface area (Å²) in [6.07, 6.45) is -3.37. The predicted octanol–water partition coefficient (Wildman–Crippen LogP) is 3.72. The predicted molar refractivity (Wildman–Crippen MR) is 60.5 cm³/mol. The fourth-order valence-electron chi connectivity index (χ4n) is 2.54. The van der Waals surface area contributed by atoms with Gasteiger partial charge in [0.1, 0.15) is 5.92 Å². The maximum atomic E-state index is 12.6. The Labute approximate surface area is 105 Å². The maximum Gasteiger partial charge on any atom is 0.391 e. The molecule has 0 spiro atoms. The average Bonchev–Trinajstić information content (AvgIpc) is 2.28. The van der Waals surface area contributed by atoms with Crippen LogP contribution in [0.5, 0.6) is 0 Å². The summed E-state index contributed by atoms with van der Waals surface area (Å²) in [7, 11) is 0. The van der Waals surface area contributed by atoms with Gasteiger partial charge >= 0.3 is 6.18 Å². The molecule has 1 rings (SSSR count). The Kier molecular flexibility index (Phi) is 4.78. The van der Waals surface area contributed by atoms with Gasteiger partial charge in [-0.15, -0.1) is 0 Å². The zero-order valence-electron chi connectivity index (χ0n) is 10.6. The Morgan fingerprint density at radius 3 is 2.39 bits per heavy atom. The molecule has 5 heteroatoms. The van der Waals surface area contributed by atoms with Crippen molar-refractivity contribution in [2.24, 2.45) is 23.7 Å². The monoisotopic (exact) mass is 261 g/mol. The molecule has 0 N–H and O–H groups in total. The first-order chi connectivity index (χ1) is 8.27. The summed E-state index contributed by atoms with van der Waals surface area (Å²) in [6, 6.07) is 1.92. The molecule has 18 heavy (non-hydrogen) atoms. The van der Waals surface area contributed by atoms with Crippen LogP contribution in [0, 0.1) is 35.0 Å². The number of nitriles is 1. The van der Waals surface area contributed by atoms with Crippen molar-refractivity contribution in [1.29, 1.82) is 5.26 Å². The number of hydrogen-bond acceptors (Lipinski definition) is 2. The summed E-state index contributed by atoms with van der Waals surface area (Å²) in [4.78, 5) is 12.1. The summed E-state index contributed by atoms with van der Waals surface area (Å²) in [5, 5.41) is 8.93. The number of nitrogens with zero attached hydrogens (tertiary/aromatic N) is 1. The summed E-state index contributed by atoms with van der Waals surface area (Å²) < 4.78 is 37.9. The quantitative estimate of drug-likeness (QED) is 0.776. The highest BCUT2D eigenvalue weighted by atomic mass is 19.4. The van der Waals surface area contributed by atoms with Gasteiger partial charge in [-0.25, -0.2) is 0 Å². The van der Waals surface area contributed by atoms with Crippen LogP contribution < -0.4 is 0 Å². The lowest BCUT2D eigenvalue weighted by molar-refractivity contribution is -0.186. The van der Waals surface area contributed by atoms with E-state index in [1.54, 1.807) is 13.8 Å². The van der Waals surface area contributed by atoms with Crippen molar-refractivity contribution in [3.05, 3.63) is 0 Å². The lowest BCUT2D eigenvalue weighted by Gasteiger charge is -2.31. The Hall–Kier alpha value is -1.05. The number of rotatable bonds is 3. The number of alkyl halides is 3. The number of carbonyl (C=O) groups is 1. The molecule has 102 valence electrons. The van der Waals surface area contributed by atoms with Crippen LogP contribution in [0.15, 0.2) is 0 Å². The average molecular weight is 261 g/mol. The molecule has 0 heterocycles. The van der Waals surface area contributed by atoms with Crippen LogP contribution in [0.1, 0.15) is 39.5 Å². The molecule has 0 radical (unpaired) electrons. The van der Waals surface area contributed by atoms with Crippen LogP contribution in [0.3, 0.4) is 0 Å². The zero-order valence-corrected chi connectivity index (χ0v) is 10.6. The molecule has 1 fully saturated rings. The van der Waals surface area contributed by atoms with Gasteiger partial charge in [0.05, 0.1) is 12.0 Å². The molecule has 3 atom stereocenters. The van der Waals surface area contributed by atoms with E-state index in [4.69, 9.17) is 5.26 Å². The number of hydrogen-bond donors (Lipinski definition) is 0. The van der Waals surface area contributed by atoms with Crippen LogP contribution in [-0.2, 0) is 4.79 Å². The molecule has 3 unspecified atom stereocenters. The van der Waals surface area contributed by atoms with Crippen LogP contribution in [0.2, 0.25) is 0 Å². The molecule has 0 amide bonds. The molecule has 0 bridgehead atoms. The van der Waals surface area contributed by atoms with E-state index in [1.165, 1.54) is 0 Å². The SMILES string of the molecule is CC(C)C(C#N)C(=O)C1CCCC(C(F)(F)F)C1. The third-order valence-electron chi connectivity index (χ3n) is 3.65. The van der Waals surface area contributed by atoms with Crippen LogP contribution in [0.4, 0.5) is 13.2 Å². The van der Waals surface area contributed by atoms with Gasteiger partial charge in [0.25, 0.3) is 0 Å². The van der Waals surface area contributed by atoms with Crippen molar-refractivity contribution < 1.29 is 18.0 Å². The van der Waals surface area contributed by atoms with Gasteiger partial charge in [-0.05, 0) is 25.2 Å².